The molecule has 0 radical (unpaired) electrons. The Labute approximate surface area is 178 Å². The lowest BCUT2D eigenvalue weighted by Gasteiger charge is -2.25. The quantitative estimate of drug-likeness (QED) is 0.599. The van der Waals surface area contributed by atoms with Gasteiger partial charge in [-0.2, -0.15) is 0 Å². The van der Waals surface area contributed by atoms with E-state index in [2.05, 4.69) is 20.3 Å². The number of carbonyl (C=O) groups is 1. The third kappa shape index (κ3) is 6.29. The summed E-state index contributed by atoms with van der Waals surface area (Å²) in [6.07, 6.45) is 2.38. The molecule has 30 heavy (non-hydrogen) atoms. The highest BCUT2D eigenvalue weighted by Gasteiger charge is 2.21. The lowest BCUT2D eigenvalue weighted by atomic mass is 10.1. The fraction of sp³-hybridized carbons (Fsp3) is 0.409. The second kappa shape index (κ2) is 10.1. The molecule has 3 N–H and O–H groups in total. The topological polar surface area (TPSA) is 90.5 Å². The van der Waals surface area contributed by atoms with Crippen molar-refractivity contribution >= 4 is 21.7 Å². The van der Waals surface area contributed by atoms with Crippen molar-refractivity contribution in [1.29, 1.82) is 0 Å². The van der Waals surface area contributed by atoms with E-state index in [0.717, 1.165) is 25.2 Å². The number of carbonyl (C=O) groups excluding carboxylic acids is 1. The first-order chi connectivity index (χ1) is 14.3. The zero-order valence-corrected chi connectivity index (χ0v) is 18.3. The van der Waals surface area contributed by atoms with Crippen LogP contribution in [0.3, 0.4) is 0 Å². The first kappa shape index (κ1) is 22.3. The minimum atomic E-state index is -3.56. The van der Waals surface area contributed by atoms with E-state index < -0.39 is 10.0 Å². The molecule has 0 spiro atoms. The van der Waals surface area contributed by atoms with Crippen LogP contribution in [-0.2, 0) is 10.0 Å². The highest BCUT2D eigenvalue weighted by atomic mass is 32.2. The molecule has 8 heteroatoms. The fourth-order valence-electron chi connectivity index (χ4n) is 3.56. The summed E-state index contributed by atoms with van der Waals surface area (Å²) in [5.41, 5.74) is 1.59. The van der Waals surface area contributed by atoms with Crippen molar-refractivity contribution < 1.29 is 13.2 Å². The number of amides is 2. The summed E-state index contributed by atoms with van der Waals surface area (Å²) in [7, 11) is -3.56. The van der Waals surface area contributed by atoms with E-state index in [4.69, 9.17) is 0 Å². The van der Waals surface area contributed by atoms with Crippen LogP contribution >= 0.6 is 0 Å². The van der Waals surface area contributed by atoms with E-state index >= 15 is 0 Å². The highest BCUT2D eigenvalue weighted by Crippen LogP contribution is 2.19. The van der Waals surface area contributed by atoms with Gasteiger partial charge in [0.25, 0.3) is 0 Å². The molecule has 1 atom stereocenters. The van der Waals surface area contributed by atoms with E-state index in [1.165, 1.54) is 25.0 Å². The van der Waals surface area contributed by atoms with Crippen LogP contribution in [0.15, 0.2) is 59.5 Å². The maximum atomic E-state index is 12.6. The van der Waals surface area contributed by atoms with E-state index in [1.807, 2.05) is 30.3 Å². The molecule has 3 rings (SSSR count). The molecule has 0 aromatic heterocycles. The maximum Gasteiger partial charge on any atom is 0.319 e. The molecule has 2 aromatic carbocycles. The van der Waals surface area contributed by atoms with Gasteiger partial charge < -0.3 is 15.5 Å². The molecule has 2 aromatic rings. The van der Waals surface area contributed by atoms with Gasteiger partial charge in [-0.15, -0.1) is 0 Å². The Morgan fingerprint density at radius 2 is 1.63 bits per heavy atom. The molecule has 0 saturated carbocycles. The van der Waals surface area contributed by atoms with Crippen molar-refractivity contribution in [2.24, 2.45) is 0 Å². The largest absolute Gasteiger partial charge is 0.330 e. The average Bonchev–Trinajstić information content (AvgIpc) is 3.21. The van der Waals surface area contributed by atoms with Gasteiger partial charge in [0, 0.05) is 18.3 Å². The van der Waals surface area contributed by atoms with Crippen LogP contribution in [0, 0.1) is 0 Å². The molecule has 1 aliphatic rings. The van der Waals surface area contributed by atoms with Gasteiger partial charge in [0.15, 0.2) is 0 Å². The third-order valence-corrected chi connectivity index (χ3v) is 6.63. The Kier molecular flexibility index (Phi) is 7.47. The second-order valence-corrected chi connectivity index (χ2v) is 9.58. The standard InChI is InChI=1S/C22H30N4O3S/c1-17(2)25-30(28,29)20-12-10-19(11-13-20)23-22(27)24-21(16-26-14-6-7-15-26)18-8-4-3-5-9-18/h3-5,8-13,17,21,25H,6-7,14-16H2,1-2H3,(H2,23,24,27). The van der Waals surface area contributed by atoms with E-state index in [1.54, 1.807) is 26.0 Å². The van der Waals surface area contributed by atoms with Gasteiger partial charge in [0.2, 0.25) is 10.0 Å². The lowest BCUT2D eigenvalue weighted by molar-refractivity contribution is 0.240. The molecule has 0 aliphatic carbocycles. The Morgan fingerprint density at radius 3 is 2.23 bits per heavy atom. The van der Waals surface area contributed by atoms with E-state index in [-0.39, 0.29) is 23.0 Å². The van der Waals surface area contributed by atoms with Gasteiger partial charge in [0.05, 0.1) is 10.9 Å². The van der Waals surface area contributed by atoms with Gasteiger partial charge >= 0.3 is 6.03 Å². The number of likely N-dealkylation sites (tertiary alicyclic amines) is 1. The third-order valence-electron chi connectivity index (χ3n) is 4.96. The first-order valence-corrected chi connectivity index (χ1v) is 11.8. The Hall–Kier alpha value is -2.42. The molecule has 162 valence electrons. The number of hydrogen-bond donors (Lipinski definition) is 3. The van der Waals surface area contributed by atoms with Gasteiger partial charge in [-0.25, -0.2) is 17.9 Å². The molecule has 0 bridgehead atoms. The number of rotatable bonds is 8. The van der Waals surface area contributed by atoms with Gasteiger partial charge in [0.1, 0.15) is 0 Å². The van der Waals surface area contributed by atoms with Crippen LogP contribution in [-0.4, -0.2) is 45.0 Å². The van der Waals surface area contributed by atoms with Crippen LogP contribution in [0.1, 0.15) is 38.3 Å². The molecule has 1 fully saturated rings. The van der Waals surface area contributed by atoms with Crippen LogP contribution < -0.4 is 15.4 Å². The molecular formula is C22H30N4O3S. The first-order valence-electron chi connectivity index (χ1n) is 10.3. The monoisotopic (exact) mass is 430 g/mol. The number of hydrogen-bond acceptors (Lipinski definition) is 4. The summed E-state index contributed by atoms with van der Waals surface area (Å²) < 4.78 is 27.0. The van der Waals surface area contributed by atoms with Crippen molar-refractivity contribution in [1.82, 2.24) is 14.9 Å². The SMILES string of the molecule is CC(C)NS(=O)(=O)c1ccc(NC(=O)NC(CN2CCCC2)c2ccccc2)cc1. The van der Waals surface area contributed by atoms with Crippen LogP contribution in [0.4, 0.5) is 10.5 Å². The number of benzene rings is 2. The molecule has 2 amide bonds. The molecular weight excluding hydrogens is 400 g/mol. The minimum Gasteiger partial charge on any atom is -0.330 e. The normalized spacial score (nSPS) is 15.8. The van der Waals surface area contributed by atoms with Crippen LogP contribution in [0.5, 0.6) is 0 Å². The number of nitrogens with zero attached hydrogens (tertiary/aromatic N) is 1. The lowest BCUT2D eigenvalue weighted by Crippen LogP contribution is -2.39. The summed E-state index contributed by atoms with van der Waals surface area (Å²) in [6.45, 7) is 6.39. The maximum absolute atomic E-state index is 12.6. The van der Waals surface area contributed by atoms with Crippen molar-refractivity contribution in [2.45, 2.75) is 43.7 Å². The Morgan fingerprint density at radius 1 is 1.00 bits per heavy atom. The average molecular weight is 431 g/mol. The number of anilines is 1. The van der Waals surface area contributed by atoms with E-state index in [9.17, 15) is 13.2 Å². The van der Waals surface area contributed by atoms with E-state index in [0.29, 0.717) is 5.69 Å². The van der Waals surface area contributed by atoms with Crippen molar-refractivity contribution in [3.8, 4) is 0 Å². The summed E-state index contributed by atoms with van der Waals surface area (Å²) in [5, 5.41) is 5.86. The number of nitrogens with one attached hydrogen (secondary N) is 3. The zero-order valence-electron chi connectivity index (χ0n) is 17.5. The molecule has 1 saturated heterocycles. The number of sulfonamides is 1. The molecule has 1 heterocycles. The van der Waals surface area contributed by atoms with Crippen molar-refractivity contribution in [3.05, 3.63) is 60.2 Å². The predicted octanol–water partition coefficient (Wildman–Crippen LogP) is 3.33. The van der Waals surface area contributed by atoms with Crippen molar-refractivity contribution in [2.75, 3.05) is 25.0 Å². The zero-order chi connectivity index (χ0) is 21.6. The second-order valence-electron chi connectivity index (χ2n) is 7.87. The minimum absolute atomic E-state index is 0.126. The smallest absolute Gasteiger partial charge is 0.319 e. The summed E-state index contributed by atoms with van der Waals surface area (Å²) in [5.74, 6) is 0. The predicted molar refractivity (Wildman–Crippen MR) is 119 cm³/mol. The van der Waals surface area contributed by atoms with Crippen LogP contribution in [0.2, 0.25) is 0 Å². The summed E-state index contributed by atoms with van der Waals surface area (Å²) >= 11 is 0. The van der Waals surface area contributed by atoms with Gasteiger partial charge in [-0.05, 0) is 69.6 Å². The number of urea groups is 1. The molecule has 1 unspecified atom stereocenters. The molecule has 7 nitrogen and oxygen atoms in total. The highest BCUT2D eigenvalue weighted by molar-refractivity contribution is 7.89. The summed E-state index contributed by atoms with van der Waals surface area (Å²) in [6, 6.07) is 15.4. The van der Waals surface area contributed by atoms with Crippen molar-refractivity contribution in [3.63, 3.8) is 0 Å². The van der Waals surface area contributed by atoms with Crippen LogP contribution in [0.25, 0.3) is 0 Å². The summed E-state index contributed by atoms with van der Waals surface area (Å²) in [4.78, 5) is 15.2. The Bertz CT molecular complexity index is 925. The fourth-order valence-corrected chi connectivity index (χ4v) is 4.82. The molecule has 1 aliphatic heterocycles. The Balaban J connectivity index is 1.65. The van der Waals surface area contributed by atoms with Gasteiger partial charge in [-0.1, -0.05) is 30.3 Å². The van der Waals surface area contributed by atoms with Gasteiger partial charge in [-0.3, -0.25) is 0 Å².